The molecule has 0 spiro atoms. The van der Waals surface area contributed by atoms with E-state index in [-0.39, 0.29) is 5.89 Å². The molecule has 20 heavy (non-hydrogen) atoms. The molecular weight excluding hydrogens is 258 g/mol. The molecule has 1 aromatic carbocycles. The van der Waals surface area contributed by atoms with E-state index in [1.807, 2.05) is 30.3 Å². The van der Waals surface area contributed by atoms with Crippen molar-refractivity contribution in [2.45, 2.75) is 19.4 Å². The van der Waals surface area contributed by atoms with Gasteiger partial charge in [-0.2, -0.15) is 0 Å². The van der Waals surface area contributed by atoms with Crippen LogP contribution < -0.4 is 0 Å². The van der Waals surface area contributed by atoms with Gasteiger partial charge in [0.2, 0.25) is 11.8 Å². The zero-order valence-electron chi connectivity index (χ0n) is 10.9. The minimum absolute atomic E-state index is 0.141. The van der Waals surface area contributed by atoms with E-state index in [0.29, 0.717) is 23.6 Å². The van der Waals surface area contributed by atoms with E-state index in [4.69, 9.17) is 8.94 Å². The zero-order chi connectivity index (χ0) is 13.9. The highest BCUT2D eigenvalue weighted by Gasteiger charge is 2.22. The number of hydrogen-bond donors (Lipinski definition) is 1. The van der Waals surface area contributed by atoms with Crippen LogP contribution in [0, 0.1) is 6.92 Å². The first-order chi connectivity index (χ1) is 9.74. The van der Waals surface area contributed by atoms with Crippen molar-refractivity contribution in [3.63, 3.8) is 0 Å². The van der Waals surface area contributed by atoms with E-state index in [9.17, 15) is 5.11 Å². The Labute approximate surface area is 115 Å². The highest BCUT2D eigenvalue weighted by atomic mass is 16.5. The standard InChI is InChI=1S/C14H13N3O3/c1-9-11(8-19-17-9)13(18)14-16-15-12(20-14)7-10-5-3-2-4-6-10/h2-6,8,13,18H,7H2,1H3. The number of aliphatic hydroxyl groups excluding tert-OH is 1. The molecule has 3 aromatic rings. The third kappa shape index (κ3) is 2.46. The average Bonchev–Trinajstić information content (AvgIpc) is 3.08. The molecule has 2 heterocycles. The maximum atomic E-state index is 10.1. The normalized spacial score (nSPS) is 12.5. The lowest BCUT2D eigenvalue weighted by molar-refractivity contribution is 0.179. The molecule has 6 heteroatoms. The Morgan fingerprint density at radius 3 is 2.70 bits per heavy atom. The van der Waals surface area contributed by atoms with Gasteiger partial charge in [0.05, 0.1) is 17.7 Å². The van der Waals surface area contributed by atoms with Crippen molar-refractivity contribution in [3.8, 4) is 0 Å². The van der Waals surface area contributed by atoms with E-state index in [2.05, 4.69) is 15.4 Å². The van der Waals surface area contributed by atoms with Crippen LogP contribution >= 0.6 is 0 Å². The highest BCUT2D eigenvalue weighted by molar-refractivity contribution is 5.21. The smallest absolute Gasteiger partial charge is 0.249 e. The summed E-state index contributed by atoms with van der Waals surface area (Å²) in [7, 11) is 0. The summed E-state index contributed by atoms with van der Waals surface area (Å²) in [5, 5.41) is 21.7. The van der Waals surface area contributed by atoms with E-state index >= 15 is 0 Å². The molecule has 0 fully saturated rings. The number of benzene rings is 1. The number of hydrogen-bond acceptors (Lipinski definition) is 6. The fraction of sp³-hybridized carbons (Fsp3) is 0.214. The maximum absolute atomic E-state index is 10.1. The van der Waals surface area contributed by atoms with Crippen LogP contribution in [0.1, 0.15) is 34.7 Å². The molecule has 0 aliphatic heterocycles. The lowest BCUT2D eigenvalue weighted by atomic mass is 10.1. The number of aromatic nitrogens is 3. The SMILES string of the molecule is Cc1nocc1C(O)c1nnc(Cc2ccccc2)o1. The molecule has 0 radical (unpaired) electrons. The van der Waals surface area contributed by atoms with Crippen molar-refractivity contribution in [2.24, 2.45) is 0 Å². The minimum Gasteiger partial charge on any atom is -0.422 e. The summed E-state index contributed by atoms with van der Waals surface area (Å²) in [5.41, 5.74) is 2.19. The Hall–Kier alpha value is -2.47. The number of rotatable bonds is 4. The van der Waals surface area contributed by atoms with Crippen LogP contribution in [0.2, 0.25) is 0 Å². The van der Waals surface area contributed by atoms with E-state index in [1.54, 1.807) is 6.92 Å². The highest BCUT2D eigenvalue weighted by Crippen LogP contribution is 2.23. The third-order valence-corrected chi connectivity index (χ3v) is 3.00. The molecule has 0 bridgehead atoms. The summed E-state index contributed by atoms with van der Waals surface area (Å²) < 4.78 is 10.3. The topological polar surface area (TPSA) is 85.2 Å². The predicted molar refractivity (Wildman–Crippen MR) is 68.8 cm³/mol. The van der Waals surface area contributed by atoms with Crippen LogP contribution in [0.4, 0.5) is 0 Å². The molecule has 1 atom stereocenters. The molecule has 102 valence electrons. The number of aliphatic hydroxyl groups is 1. The van der Waals surface area contributed by atoms with Crippen LogP contribution in [0.3, 0.4) is 0 Å². The quantitative estimate of drug-likeness (QED) is 0.781. The van der Waals surface area contributed by atoms with E-state index in [1.165, 1.54) is 6.26 Å². The molecule has 0 aliphatic rings. The van der Waals surface area contributed by atoms with Gasteiger partial charge in [-0.3, -0.25) is 0 Å². The molecule has 0 saturated heterocycles. The molecule has 1 N–H and O–H groups in total. The van der Waals surface area contributed by atoms with Gasteiger partial charge in [-0.05, 0) is 12.5 Å². The zero-order valence-corrected chi connectivity index (χ0v) is 10.9. The first-order valence-electron chi connectivity index (χ1n) is 6.19. The molecular formula is C14H13N3O3. The Morgan fingerprint density at radius 1 is 1.20 bits per heavy atom. The molecule has 1 unspecified atom stereocenters. The monoisotopic (exact) mass is 271 g/mol. The van der Waals surface area contributed by atoms with Gasteiger partial charge in [-0.15, -0.1) is 10.2 Å². The second kappa shape index (κ2) is 5.26. The van der Waals surface area contributed by atoms with Crippen LogP contribution in [0.25, 0.3) is 0 Å². The number of aryl methyl sites for hydroxylation is 1. The summed E-state index contributed by atoms with van der Waals surface area (Å²) in [6.45, 7) is 1.74. The summed E-state index contributed by atoms with van der Waals surface area (Å²) in [6.07, 6.45) is 0.892. The molecule has 6 nitrogen and oxygen atoms in total. The van der Waals surface area contributed by atoms with Gasteiger partial charge >= 0.3 is 0 Å². The van der Waals surface area contributed by atoms with Crippen molar-refractivity contribution < 1.29 is 14.0 Å². The second-order valence-electron chi connectivity index (χ2n) is 4.45. The summed E-state index contributed by atoms with van der Waals surface area (Å²) in [4.78, 5) is 0. The van der Waals surface area contributed by atoms with E-state index in [0.717, 1.165) is 5.56 Å². The Bertz CT molecular complexity index is 691. The Kier molecular flexibility index (Phi) is 3.30. The number of nitrogens with zero attached hydrogens (tertiary/aromatic N) is 3. The molecule has 0 aliphatic carbocycles. The Balaban J connectivity index is 1.79. The van der Waals surface area contributed by atoms with Crippen LogP contribution in [-0.4, -0.2) is 20.5 Å². The van der Waals surface area contributed by atoms with Crippen LogP contribution in [0.5, 0.6) is 0 Å². The lowest BCUT2D eigenvalue weighted by Crippen LogP contribution is -2.00. The maximum Gasteiger partial charge on any atom is 0.249 e. The predicted octanol–water partition coefficient (Wildman–Crippen LogP) is 2.04. The van der Waals surface area contributed by atoms with Crippen LogP contribution in [-0.2, 0) is 6.42 Å². The first-order valence-corrected chi connectivity index (χ1v) is 6.19. The van der Waals surface area contributed by atoms with Crippen LogP contribution in [0.15, 0.2) is 45.5 Å². The fourth-order valence-electron chi connectivity index (χ4n) is 1.91. The van der Waals surface area contributed by atoms with Crippen molar-refractivity contribution >= 4 is 0 Å². The largest absolute Gasteiger partial charge is 0.422 e. The second-order valence-corrected chi connectivity index (χ2v) is 4.45. The van der Waals surface area contributed by atoms with Gasteiger partial charge in [0, 0.05) is 0 Å². The van der Waals surface area contributed by atoms with Gasteiger partial charge in [0.25, 0.3) is 0 Å². The van der Waals surface area contributed by atoms with E-state index < -0.39 is 6.10 Å². The van der Waals surface area contributed by atoms with Gasteiger partial charge in [-0.1, -0.05) is 35.5 Å². The van der Waals surface area contributed by atoms with Crippen molar-refractivity contribution in [1.29, 1.82) is 0 Å². The summed E-state index contributed by atoms with van der Waals surface area (Å²) in [5.74, 6) is 0.599. The lowest BCUT2D eigenvalue weighted by Gasteiger charge is -2.02. The average molecular weight is 271 g/mol. The third-order valence-electron chi connectivity index (χ3n) is 3.00. The molecule has 2 aromatic heterocycles. The van der Waals surface area contributed by atoms with Gasteiger partial charge in [0.15, 0.2) is 6.10 Å². The first kappa shape index (κ1) is 12.6. The van der Waals surface area contributed by atoms with Gasteiger partial charge < -0.3 is 14.0 Å². The molecule has 0 amide bonds. The van der Waals surface area contributed by atoms with Crippen molar-refractivity contribution in [3.05, 3.63) is 65.2 Å². The summed E-state index contributed by atoms with van der Waals surface area (Å²) >= 11 is 0. The van der Waals surface area contributed by atoms with Gasteiger partial charge in [0.1, 0.15) is 6.26 Å². The fourth-order valence-corrected chi connectivity index (χ4v) is 1.91. The van der Waals surface area contributed by atoms with Crippen molar-refractivity contribution in [1.82, 2.24) is 15.4 Å². The Morgan fingerprint density at radius 2 is 2.00 bits per heavy atom. The van der Waals surface area contributed by atoms with Gasteiger partial charge in [-0.25, -0.2) is 0 Å². The molecule has 0 saturated carbocycles. The van der Waals surface area contributed by atoms with Crippen molar-refractivity contribution in [2.75, 3.05) is 0 Å². The minimum atomic E-state index is -1.02. The summed E-state index contributed by atoms with van der Waals surface area (Å²) in [6, 6.07) is 9.79. The molecule has 3 rings (SSSR count).